The minimum Gasteiger partial charge on any atom is -0.471 e. The van der Waals surface area contributed by atoms with Crippen molar-refractivity contribution >= 4 is 17.5 Å². The van der Waals surface area contributed by atoms with Crippen LogP contribution in [0.2, 0.25) is 0 Å². The van der Waals surface area contributed by atoms with Gasteiger partial charge in [0.25, 0.3) is 11.8 Å². The van der Waals surface area contributed by atoms with Gasteiger partial charge in [-0.05, 0) is 48.2 Å². The highest BCUT2D eigenvalue weighted by Gasteiger charge is 2.42. The number of nitrogens with zero attached hydrogens (tertiary/aromatic N) is 1. The third-order valence-electron chi connectivity index (χ3n) is 5.39. The standard InChI is InChI=1S/C21H18N4O3/c1-21(15-10-23-24-11-15)20(27)25-17-9-14(4-5-18(17)28-21)13-3-2-12-6-7-22-19(26)16(12)8-13/h2-5,8-11H,6-7H2,1H3,(H,22,26)(H,23,24)(H,25,27). The molecular formula is C21H18N4O3. The maximum atomic E-state index is 12.7. The second-order valence-electron chi connectivity index (χ2n) is 7.17. The average molecular weight is 374 g/mol. The van der Waals surface area contributed by atoms with Gasteiger partial charge >= 0.3 is 0 Å². The summed E-state index contributed by atoms with van der Waals surface area (Å²) in [6, 6.07) is 11.5. The summed E-state index contributed by atoms with van der Waals surface area (Å²) in [4.78, 5) is 24.9. The van der Waals surface area contributed by atoms with Crippen LogP contribution in [0.4, 0.5) is 5.69 Å². The Bertz CT molecular complexity index is 1110. The smallest absolute Gasteiger partial charge is 0.273 e. The summed E-state index contributed by atoms with van der Waals surface area (Å²) in [6.45, 7) is 2.38. The first-order chi connectivity index (χ1) is 13.5. The number of ether oxygens (including phenoxy) is 1. The lowest BCUT2D eigenvalue weighted by Gasteiger charge is -2.34. The molecule has 2 aliphatic heterocycles. The number of anilines is 1. The van der Waals surface area contributed by atoms with Crippen LogP contribution in [0, 0.1) is 0 Å². The zero-order valence-corrected chi connectivity index (χ0v) is 15.2. The first kappa shape index (κ1) is 16.6. The Labute approximate surface area is 161 Å². The summed E-state index contributed by atoms with van der Waals surface area (Å²) in [7, 11) is 0. The third kappa shape index (κ3) is 2.47. The molecule has 0 saturated carbocycles. The molecule has 3 N–H and O–H groups in total. The molecule has 1 aromatic heterocycles. The minimum absolute atomic E-state index is 0.0476. The molecule has 7 heteroatoms. The Hall–Kier alpha value is -3.61. The van der Waals surface area contributed by atoms with E-state index in [1.807, 2.05) is 36.4 Å². The van der Waals surface area contributed by atoms with Crippen LogP contribution in [0.3, 0.4) is 0 Å². The zero-order chi connectivity index (χ0) is 19.3. The van der Waals surface area contributed by atoms with Crippen LogP contribution in [0.25, 0.3) is 11.1 Å². The van der Waals surface area contributed by atoms with E-state index in [1.165, 1.54) is 0 Å². The number of fused-ring (bicyclic) bond motifs is 2. The highest BCUT2D eigenvalue weighted by Crippen LogP contribution is 2.40. The fraction of sp³-hybridized carbons (Fsp3) is 0.190. The molecule has 7 nitrogen and oxygen atoms in total. The molecule has 0 radical (unpaired) electrons. The van der Waals surface area contributed by atoms with Crippen molar-refractivity contribution in [1.82, 2.24) is 15.5 Å². The second kappa shape index (κ2) is 5.95. The molecule has 0 bridgehead atoms. The van der Waals surface area contributed by atoms with E-state index in [0.29, 0.717) is 29.1 Å². The quantitative estimate of drug-likeness (QED) is 0.642. The molecule has 2 aromatic carbocycles. The van der Waals surface area contributed by atoms with Gasteiger partial charge in [0.1, 0.15) is 5.75 Å². The van der Waals surface area contributed by atoms with Crippen molar-refractivity contribution in [2.45, 2.75) is 18.9 Å². The Morgan fingerprint density at radius 3 is 2.75 bits per heavy atom. The van der Waals surface area contributed by atoms with Gasteiger partial charge in [-0.25, -0.2) is 0 Å². The lowest BCUT2D eigenvalue weighted by Crippen LogP contribution is -2.45. The predicted octanol–water partition coefficient (Wildman–Crippen LogP) is 2.61. The summed E-state index contributed by atoms with van der Waals surface area (Å²) >= 11 is 0. The van der Waals surface area contributed by atoms with Gasteiger partial charge in [0.15, 0.2) is 0 Å². The van der Waals surface area contributed by atoms with Gasteiger partial charge in [-0.1, -0.05) is 18.2 Å². The van der Waals surface area contributed by atoms with Gasteiger partial charge < -0.3 is 15.4 Å². The van der Waals surface area contributed by atoms with E-state index in [-0.39, 0.29) is 11.8 Å². The summed E-state index contributed by atoms with van der Waals surface area (Å²) in [5.74, 6) is 0.277. The largest absolute Gasteiger partial charge is 0.471 e. The highest BCUT2D eigenvalue weighted by molar-refractivity contribution is 6.02. The Morgan fingerprint density at radius 2 is 1.93 bits per heavy atom. The number of hydrogen-bond acceptors (Lipinski definition) is 4. The molecule has 140 valence electrons. The zero-order valence-electron chi connectivity index (χ0n) is 15.2. The first-order valence-corrected chi connectivity index (χ1v) is 9.10. The van der Waals surface area contributed by atoms with Crippen molar-refractivity contribution in [2.24, 2.45) is 0 Å². The van der Waals surface area contributed by atoms with Gasteiger partial charge in [-0.3, -0.25) is 14.7 Å². The number of carbonyl (C=O) groups is 2. The molecule has 1 unspecified atom stereocenters. The van der Waals surface area contributed by atoms with Crippen LogP contribution in [0.1, 0.15) is 28.4 Å². The minimum atomic E-state index is -1.15. The Morgan fingerprint density at radius 1 is 1.11 bits per heavy atom. The first-order valence-electron chi connectivity index (χ1n) is 9.10. The molecule has 0 aliphatic carbocycles. The maximum absolute atomic E-state index is 12.7. The topological polar surface area (TPSA) is 96.1 Å². The molecular weight excluding hydrogens is 356 g/mol. The van der Waals surface area contributed by atoms with Crippen LogP contribution in [0.15, 0.2) is 48.8 Å². The number of aromatic amines is 1. The normalized spacial score (nSPS) is 20.5. The van der Waals surface area contributed by atoms with Crippen LogP contribution in [-0.4, -0.2) is 28.6 Å². The lowest BCUT2D eigenvalue weighted by molar-refractivity contribution is -0.131. The van der Waals surface area contributed by atoms with E-state index in [9.17, 15) is 9.59 Å². The molecule has 3 aromatic rings. The number of nitrogens with one attached hydrogen (secondary N) is 3. The van der Waals surface area contributed by atoms with Crippen molar-refractivity contribution in [3.8, 4) is 16.9 Å². The number of aromatic nitrogens is 2. The molecule has 28 heavy (non-hydrogen) atoms. The van der Waals surface area contributed by atoms with Crippen molar-refractivity contribution in [1.29, 1.82) is 0 Å². The number of hydrogen-bond donors (Lipinski definition) is 3. The van der Waals surface area contributed by atoms with Crippen LogP contribution >= 0.6 is 0 Å². The van der Waals surface area contributed by atoms with Crippen LogP contribution < -0.4 is 15.4 Å². The van der Waals surface area contributed by atoms with Gasteiger partial charge in [0.05, 0.1) is 11.9 Å². The number of benzene rings is 2. The third-order valence-corrected chi connectivity index (χ3v) is 5.39. The van der Waals surface area contributed by atoms with Crippen LogP contribution in [-0.2, 0) is 16.8 Å². The number of rotatable bonds is 2. The SMILES string of the molecule is CC1(c2cn[nH]c2)Oc2ccc(-c3ccc4c(c3)C(=O)NCC4)cc2NC1=O. The molecule has 1 atom stereocenters. The van der Waals surface area contributed by atoms with E-state index >= 15 is 0 Å². The fourth-order valence-corrected chi connectivity index (χ4v) is 3.70. The monoisotopic (exact) mass is 374 g/mol. The average Bonchev–Trinajstić information content (AvgIpc) is 3.24. The van der Waals surface area contributed by atoms with E-state index in [2.05, 4.69) is 20.8 Å². The predicted molar refractivity (Wildman–Crippen MR) is 103 cm³/mol. The maximum Gasteiger partial charge on any atom is 0.273 e. The van der Waals surface area contributed by atoms with Crippen molar-refractivity contribution in [3.63, 3.8) is 0 Å². The van der Waals surface area contributed by atoms with Gasteiger partial charge in [-0.2, -0.15) is 5.10 Å². The highest BCUT2D eigenvalue weighted by atomic mass is 16.5. The molecule has 5 rings (SSSR count). The molecule has 0 spiro atoms. The molecule has 2 aliphatic rings. The van der Waals surface area contributed by atoms with Gasteiger partial charge in [-0.15, -0.1) is 0 Å². The van der Waals surface area contributed by atoms with E-state index in [0.717, 1.165) is 23.1 Å². The summed E-state index contributed by atoms with van der Waals surface area (Å²) in [5, 5.41) is 12.4. The molecule has 3 heterocycles. The Balaban J connectivity index is 1.51. The molecule has 0 fully saturated rings. The van der Waals surface area contributed by atoms with Crippen molar-refractivity contribution in [3.05, 3.63) is 65.5 Å². The molecule has 0 saturated heterocycles. The summed E-state index contributed by atoms with van der Waals surface area (Å²) < 4.78 is 6.04. The second-order valence-corrected chi connectivity index (χ2v) is 7.17. The summed E-state index contributed by atoms with van der Waals surface area (Å²) in [6.07, 6.45) is 4.07. The molecule has 2 amide bonds. The van der Waals surface area contributed by atoms with Crippen LogP contribution in [0.5, 0.6) is 5.75 Å². The van der Waals surface area contributed by atoms with E-state index in [4.69, 9.17) is 4.74 Å². The number of amides is 2. The van der Waals surface area contributed by atoms with E-state index < -0.39 is 5.60 Å². The summed E-state index contributed by atoms with van der Waals surface area (Å²) in [5.41, 5.74) is 3.68. The van der Waals surface area contributed by atoms with Gasteiger partial charge in [0.2, 0.25) is 5.60 Å². The Kier molecular flexibility index (Phi) is 3.52. The van der Waals surface area contributed by atoms with Crippen molar-refractivity contribution < 1.29 is 14.3 Å². The fourth-order valence-electron chi connectivity index (χ4n) is 3.70. The van der Waals surface area contributed by atoms with Gasteiger partial charge in [0, 0.05) is 23.9 Å². The number of carbonyl (C=O) groups excluding carboxylic acids is 2. The number of H-pyrrole nitrogens is 1. The van der Waals surface area contributed by atoms with Crippen molar-refractivity contribution in [2.75, 3.05) is 11.9 Å². The van der Waals surface area contributed by atoms with E-state index in [1.54, 1.807) is 19.3 Å². The lowest BCUT2D eigenvalue weighted by atomic mass is 9.93.